The van der Waals surface area contributed by atoms with E-state index in [4.69, 9.17) is 5.26 Å². The van der Waals surface area contributed by atoms with Crippen molar-refractivity contribution in [1.29, 1.82) is 5.26 Å². The van der Waals surface area contributed by atoms with E-state index in [2.05, 4.69) is 4.98 Å². The number of hydrogen-bond acceptors (Lipinski definition) is 4. The molecule has 0 aromatic carbocycles. The predicted molar refractivity (Wildman–Crippen MR) is 52.5 cm³/mol. The number of allylic oxidation sites excluding steroid dienone is 1. The molecular formula is C8H6F2N2S2. The van der Waals surface area contributed by atoms with Crippen LogP contribution in [0.5, 0.6) is 0 Å². The highest BCUT2D eigenvalue weighted by Gasteiger charge is 2.04. The molecule has 74 valence electrons. The molecule has 0 aliphatic heterocycles. The molecule has 0 unspecified atom stereocenters. The molecule has 0 radical (unpaired) electrons. The quantitative estimate of drug-likeness (QED) is 0.590. The Morgan fingerprint density at radius 3 is 3.14 bits per heavy atom. The van der Waals surface area contributed by atoms with Gasteiger partial charge in [0.25, 0.3) is 6.08 Å². The van der Waals surface area contributed by atoms with Crippen LogP contribution >= 0.6 is 23.1 Å². The number of nitriles is 1. The number of aromatic nitrogens is 1. The third-order valence-corrected chi connectivity index (χ3v) is 3.45. The fourth-order valence-electron chi connectivity index (χ4n) is 0.732. The summed E-state index contributed by atoms with van der Waals surface area (Å²) in [4.78, 5) is 3.82. The molecule has 0 spiro atoms. The van der Waals surface area contributed by atoms with Gasteiger partial charge in [0.15, 0.2) is 5.69 Å². The van der Waals surface area contributed by atoms with E-state index in [0.29, 0.717) is 17.9 Å². The summed E-state index contributed by atoms with van der Waals surface area (Å²) in [5, 5.41) is 8.60. The highest BCUT2D eigenvalue weighted by molar-refractivity contribution is 8.01. The Balaban J connectivity index is 2.39. The molecule has 1 rings (SSSR count). The topological polar surface area (TPSA) is 36.7 Å². The first kappa shape index (κ1) is 11.1. The first-order valence-electron chi connectivity index (χ1n) is 3.71. The van der Waals surface area contributed by atoms with Crippen LogP contribution in [0, 0.1) is 11.3 Å². The molecule has 0 fully saturated rings. The Morgan fingerprint density at radius 2 is 2.50 bits per heavy atom. The van der Waals surface area contributed by atoms with Gasteiger partial charge in [0, 0.05) is 5.75 Å². The maximum Gasteiger partial charge on any atom is 0.266 e. The van der Waals surface area contributed by atoms with Gasteiger partial charge in [-0.1, -0.05) is 0 Å². The first-order valence-corrected chi connectivity index (χ1v) is 5.58. The normalized spacial score (nSPS) is 9.50. The summed E-state index contributed by atoms with van der Waals surface area (Å²) < 4.78 is 24.1. The lowest BCUT2D eigenvalue weighted by Crippen LogP contribution is -1.78. The minimum Gasteiger partial charge on any atom is -0.233 e. The molecule has 6 heteroatoms. The third kappa shape index (κ3) is 3.44. The van der Waals surface area contributed by atoms with E-state index in [1.807, 2.05) is 6.07 Å². The molecule has 14 heavy (non-hydrogen) atoms. The van der Waals surface area contributed by atoms with Gasteiger partial charge in [0.1, 0.15) is 6.07 Å². The molecule has 0 atom stereocenters. The zero-order valence-corrected chi connectivity index (χ0v) is 8.67. The largest absolute Gasteiger partial charge is 0.266 e. The van der Waals surface area contributed by atoms with Crippen molar-refractivity contribution in [3.05, 3.63) is 23.4 Å². The summed E-state index contributed by atoms with van der Waals surface area (Å²) in [6, 6.07) is 1.94. The maximum atomic E-state index is 11.6. The monoisotopic (exact) mass is 232 g/mol. The van der Waals surface area contributed by atoms with Crippen LogP contribution in [0.2, 0.25) is 0 Å². The smallest absolute Gasteiger partial charge is 0.233 e. The standard InChI is InChI=1S/C8H6F2N2S2/c9-7(10)2-1-3-13-8-6(4-11)12-5-14-8/h2,5H,1,3H2. The van der Waals surface area contributed by atoms with Crippen LogP contribution in [0.25, 0.3) is 0 Å². The molecule has 0 amide bonds. The molecule has 1 heterocycles. The fraction of sp³-hybridized carbons (Fsp3) is 0.250. The Bertz CT molecular complexity index is 364. The van der Waals surface area contributed by atoms with Crippen LogP contribution in [-0.2, 0) is 0 Å². The summed E-state index contributed by atoms with van der Waals surface area (Å²) in [7, 11) is 0. The lowest BCUT2D eigenvalue weighted by Gasteiger charge is -1.93. The molecule has 0 saturated carbocycles. The zero-order chi connectivity index (χ0) is 10.4. The van der Waals surface area contributed by atoms with Gasteiger partial charge in [0.2, 0.25) is 0 Å². The van der Waals surface area contributed by atoms with Gasteiger partial charge < -0.3 is 0 Å². The molecular weight excluding hydrogens is 226 g/mol. The Morgan fingerprint density at radius 1 is 1.71 bits per heavy atom. The average Bonchev–Trinajstić information content (AvgIpc) is 2.59. The number of halogens is 2. The minimum absolute atomic E-state index is 0.301. The fourth-order valence-corrected chi connectivity index (χ4v) is 2.50. The number of thiazole rings is 1. The average molecular weight is 232 g/mol. The van der Waals surface area contributed by atoms with Crippen LogP contribution in [-0.4, -0.2) is 10.7 Å². The van der Waals surface area contributed by atoms with Crippen molar-refractivity contribution >= 4 is 23.1 Å². The number of hydrogen-bond donors (Lipinski definition) is 0. The summed E-state index contributed by atoms with van der Waals surface area (Å²) in [5.74, 6) is 0.536. The minimum atomic E-state index is -1.66. The molecule has 0 bridgehead atoms. The second-order valence-electron chi connectivity index (χ2n) is 2.23. The van der Waals surface area contributed by atoms with Gasteiger partial charge in [-0.05, 0) is 12.5 Å². The van der Waals surface area contributed by atoms with Crippen LogP contribution in [0.4, 0.5) is 8.78 Å². The van der Waals surface area contributed by atoms with Crippen LogP contribution < -0.4 is 0 Å². The van der Waals surface area contributed by atoms with Gasteiger partial charge in [-0.2, -0.15) is 14.0 Å². The Labute approximate surface area is 88.3 Å². The Hall–Kier alpha value is -0.930. The van der Waals surface area contributed by atoms with E-state index >= 15 is 0 Å². The van der Waals surface area contributed by atoms with Crippen LogP contribution in [0.3, 0.4) is 0 Å². The van der Waals surface area contributed by atoms with Gasteiger partial charge in [-0.15, -0.1) is 23.1 Å². The summed E-state index contributed by atoms with van der Waals surface area (Å²) in [6.45, 7) is 0. The molecule has 0 N–H and O–H groups in total. The van der Waals surface area contributed by atoms with Gasteiger partial charge in [0.05, 0.1) is 9.72 Å². The van der Waals surface area contributed by atoms with Gasteiger partial charge in [-0.25, -0.2) is 4.98 Å². The second-order valence-corrected chi connectivity index (χ2v) is 4.45. The van der Waals surface area contributed by atoms with Crippen molar-refractivity contribution in [1.82, 2.24) is 4.98 Å². The second kappa shape index (κ2) is 5.73. The van der Waals surface area contributed by atoms with Crippen molar-refractivity contribution in [2.45, 2.75) is 10.6 Å². The van der Waals surface area contributed by atoms with Crippen molar-refractivity contribution in [2.75, 3.05) is 5.75 Å². The molecule has 0 aliphatic carbocycles. The summed E-state index contributed by atoms with van der Waals surface area (Å²) in [6.07, 6.45) is -0.481. The predicted octanol–water partition coefficient (Wildman–Crippen LogP) is 3.28. The van der Waals surface area contributed by atoms with E-state index < -0.39 is 6.08 Å². The van der Waals surface area contributed by atoms with Crippen LogP contribution in [0.15, 0.2) is 21.9 Å². The van der Waals surface area contributed by atoms with Crippen molar-refractivity contribution in [3.63, 3.8) is 0 Å². The lowest BCUT2D eigenvalue weighted by atomic mass is 10.5. The van der Waals surface area contributed by atoms with E-state index in [-0.39, 0.29) is 0 Å². The van der Waals surface area contributed by atoms with E-state index in [0.717, 1.165) is 10.3 Å². The highest BCUT2D eigenvalue weighted by atomic mass is 32.2. The van der Waals surface area contributed by atoms with Crippen molar-refractivity contribution in [3.8, 4) is 6.07 Å². The summed E-state index contributed by atoms with van der Waals surface area (Å²) >= 11 is 2.73. The molecule has 1 aromatic heterocycles. The molecule has 0 aliphatic rings. The Kier molecular flexibility index (Phi) is 4.56. The molecule has 1 aromatic rings. The number of thioether (sulfide) groups is 1. The van der Waals surface area contributed by atoms with Gasteiger partial charge >= 0.3 is 0 Å². The molecule has 0 saturated heterocycles. The lowest BCUT2D eigenvalue weighted by molar-refractivity contribution is 0.418. The highest BCUT2D eigenvalue weighted by Crippen LogP contribution is 2.26. The van der Waals surface area contributed by atoms with Crippen molar-refractivity contribution in [2.24, 2.45) is 0 Å². The first-order chi connectivity index (χ1) is 6.74. The van der Waals surface area contributed by atoms with Gasteiger partial charge in [-0.3, -0.25) is 0 Å². The van der Waals surface area contributed by atoms with Crippen molar-refractivity contribution < 1.29 is 8.78 Å². The van der Waals surface area contributed by atoms with E-state index in [9.17, 15) is 8.78 Å². The third-order valence-electron chi connectivity index (χ3n) is 1.29. The van der Waals surface area contributed by atoms with E-state index in [1.54, 1.807) is 5.51 Å². The van der Waals surface area contributed by atoms with Crippen LogP contribution in [0.1, 0.15) is 12.1 Å². The number of nitrogens with zero attached hydrogens (tertiary/aromatic N) is 2. The zero-order valence-electron chi connectivity index (χ0n) is 7.04. The number of rotatable bonds is 4. The summed E-state index contributed by atoms with van der Waals surface area (Å²) in [5.41, 5.74) is 1.96. The SMILES string of the molecule is N#Cc1ncsc1SCCC=C(F)F. The van der Waals surface area contributed by atoms with E-state index in [1.165, 1.54) is 23.1 Å². The molecule has 2 nitrogen and oxygen atoms in total. The maximum absolute atomic E-state index is 11.6.